The summed E-state index contributed by atoms with van der Waals surface area (Å²) in [4.78, 5) is 14.2. The number of likely N-dealkylation sites (N-methyl/N-ethyl adjacent to an activating group) is 1. The van der Waals surface area contributed by atoms with Crippen LogP contribution in [0.1, 0.15) is 25.3 Å². The van der Waals surface area contributed by atoms with Crippen LogP contribution < -0.4 is 5.32 Å². The minimum Gasteiger partial charge on any atom is -0.340 e. The van der Waals surface area contributed by atoms with E-state index in [-0.39, 0.29) is 11.9 Å². The first-order chi connectivity index (χ1) is 9.47. The largest absolute Gasteiger partial charge is 0.340 e. The van der Waals surface area contributed by atoms with E-state index in [1.165, 1.54) is 0 Å². The zero-order chi connectivity index (χ0) is 14.7. The van der Waals surface area contributed by atoms with Crippen LogP contribution in [0.15, 0.2) is 18.2 Å². The number of hydrogen-bond acceptors (Lipinski definition) is 2. The van der Waals surface area contributed by atoms with E-state index in [2.05, 4.69) is 12.2 Å². The average molecular weight is 315 g/mol. The van der Waals surface area contributed by atoms with Gasteiger partial charge < -0.3 is 10.2 Å². The number of halogens is 2. The van der Waals surface area contributed by atoms with Gasteiger partial charge in [0.15, 0.2) is 0 Å². The first-order valence-electron chi connectivity index (χ1n) is 6.90. The molecule has 2 atom stereocenters. The van der Waals surface area contributed by atoms with Crippen molar-refractivity contribution >= 4 is 29.1 Å². The molecule has 1 N–H and O–H groups in total. The summed E-state index contributed by atoms with van der Waals surface area (Å²) in [5, 5.41) is 4.50. The van der Waals surface area contributed by atoms with E-state index in [1.807, 2.05) is 19.2 Å². The lowest BCUT2D eigenvalue weighted by Crippen LogP contribution is -2.51. The van der Waals surface area contributed by atoms with Crippen LogP contribution in [-0.4, -0.2) is 30.4 Å². The Morgan fingerprint density at radius 2 is 2.00 bits per heavy atom. The molecule has 0 aliphatic carbocycles. The second-order valence-corrected chi connectivity index (χ2v) is 6.40. The molecule has 20 heavy (non-hydrogen) atoms. The van der Waals surface area contributed by atoms with E-state index < -0.39 is 0 Å². The maximum Gasteiger partial charge on any atom is 0.240 e. The smallest absolute Gasteiger partial charge is 0.240 e. The average Bonchev–Trinajstić information content (AvgIpc) is 2.37. The van der Waals surface area contributed by atoms with Crippen molar-refractivity contribution in [1.29, 1.82) is 0 Å². The second kappa shape index (κ2) is 6.79. The third-order valence-electron chi connectivity index (χ3n) is 3.75. The normalized spacial score (nSPS) is 22.6. The summed E-state index contributed by atoms with van der Waals surface area (Å²) >= 11 is 12.0. The topological polar surface area (TPSA) is 32.3 Å². The Kier molecular flexibility index (Phi) is 5.30. The standard InChI is InChI=1S/C15H20Cl2N2O/c1-10-4-3-5-18-14(10)15(20)19(2)9-11-6-12(16)8-13(17)7-11/h6-8,10,14,18H,3-5,9H2,1-2H3. The van der Waals surface area contributed by atoms with Crippen LogP contribution in [-0.2, 0) is 11.3 Å². The van der Waals surface area contributed by atoms with Gasteiger partial charge in [0, 0.05) is 23.6 Å². The molecule has 0 aromatic heterocycles. The van der Waals surface area contributed by atoms with Gasteiger partial charge in [0.05, 0.1) is 6.04 Å². The predicted molar refractivity (Wildman–Crippen MR) is 83.1 cm³/mol. The molecule has 1 aliphatic rings. The van der Waals surface area contributed by atoms with Crippen LogP contribution in [0, 0.1) is 5.92 Å². The Balaban J connectivity index is 2.03. The molecule has 1 amide bonds. The molecule has 0 spiro atoms. The van der Waals surface area contributed by atoms with Gasteiger partial charge in [-0.2, -0.15) is 0 Å². The fourth-order valence-electron chi connectivity index (χ4n) is 2.67. The van der Waals surface area contributed by atoms with Gasteiger partial charge in [-0.05, 0) is 49.1 Å². The molecule has 1 saturated heterocycles. The van der Waals surface area contributed by atoms with E-state index in [0.717, 1.165) is 24.9 Å². The minimum atomic E-state index is -0.0802. The van der Waals surface area contributed by atoms with Crippen molar-refractivity contribution in [3.8, 4) is 0 Å². The van der Waals surface area contributed by atoms with Gasteiger partial charge >= 0.3 is 0 Å². The van der Waals surface area contributed by atoms with Crippen molar-refractivity contribution in [2.75, 3.05) is 13.6 Å². The summed E-state index contributed by atoms with van der Waals surface area (Å²) in [6, 6.07) is 5.30. The number of carbonyl (C=O) groups is 1. The predicted octanol–water partition coefficient (Wildman–Crippen LogP) is 3.34. The lowest BCUT2D eigenvalue weighted by Gasteiger charge is -2.32. The molecule has 5 heteroatoms. The second-order valence-electron chi connectivity index (χ2n) is 5.52. The van der Waals surface area contributed by atoms with Crippen LogP contribution in [0.5, 0.6) is 0 Å². The Morgan fingerprint density at radius 1 is 1.35 bits per heavy atom. The van der Waals surface area contributed by atoms with Crippen molar-refractivity contribution in [3.63, 3.8) is 0 Å². The van der Waals surface area contributed by atoms with Crippen molar-refractivity contribution in [2.45, 2.75) is 32.4 Å². The summed E-state index contributed by atoms with van der Waals surface area (Å²) in [5.41, 5.74) is 0.946. The molecular formula is C15H20Cl2N2O. The van der Waals surface area contributed by atoms with Gasteiger partial charge in [0.25, 0.3) is 0 Å². The van der Waals surface area contributed by atoms with Crippen LogP contribution in [0.25, 0.3) is 0 Å². The molecule has 1 aromatic rings. The van der Waals surface area contributed by atoms with Crippen LogP contribution >= 0.6 is 23.2 Å². The number of nitrogens with one attached hydrogen (secondary N) is 1. The Hall–Kier alpha value is -0.770. The van der Waals surface area contributed by atoms with Crippen molar-refractivity contribution < 1.29 is 4.79 Å². The van der Waals surface area contributed by atoms with Crippen LogP contribution in [0.3, 0.4) is 0 Å². The highest BCUT2D eigenvalue weighted by atomic mass is 35.5. The first kappa shape index (κ1) is 15.6. The molecule has 2 rings (SSSR count). The lowest BCUT2D eigenvalue weighted by molar-refractivity contribution is -0.134. The molecule has 1 aliphatic heterocycles. The number of carbonyl (C=O) groups excluding carboxylic acids is 1. The van der Waals surface area contributed by atoms with Crippen molar-refractivity contribution in [3.05, 3.63) is 33.8 Å². The fraction of sp³-hybridized carbons (Fsp3) is 0.533. The maximum absolute atomic E-state index is 12.5. The fourth-order valence-corrected chi connectivity index (χ4v) is 3.24. The van der Waals surface area contributed by atoms with E-state index in [4.69, 9.17) is 23.2 Å². The molecule has 0 saturated carbocycles. The summed E-state index contributed by atoms with van der Waals surface area (Å²) in [7, 11) is 1.82. The number of rotatable bonds is 3. The van der Waals surface area contributed by atoms with E-state index in [1.54, 1.807) is 11.0 Å². The van der Waals surface area contributed by atoms with Gasteiger partial charge in [-0.1, -0.05) is 30.1 Å². The monoisotopic (exact) mass is 314 g/mol. The SMILES string of the molecule is CC1CCCNC1C(=O)N(C)Cc1cc(Cl)cc(Cl)c1. The number of piperidine rings is 1. The summed E-state index contributed by atoms with van der Waals surface area (Å²) in [6.07, 6.45) is 2.23. The van der Waals surface area contributed by atoms with E-state index in [9.17, 15) is 4.79 Å². The molecule has 0 radical (unpaired) electrons. The van der Waals surface area contributed by atoms with Gasteiger partial charge in [0.1, 0.15) is 0 Å². The third-order valence-corrected chi connectivity index (χ3v) is 4.19. The molecule has 1 heterocycles. The highest BCUT2D eigenvalue weighted by Crippen LogP contribution is 2.21. The highest BCUT2D eigenvalue weighted by Gasteiger charge is 2.29. The Morgan fingerprint density at radius 3 is 2.60 bits per heavy atom. The maximum atomic E-state index is 12.5. The van der Waals surface area contributed by atoms with Crippen molar-refractivity contribution in [2.24, 2.45) is 5.92 Å². The minimum absolute atomic E-state index is 0.0802. The number of nitrogens with zero attached hydrogens (tertiary/aromatic N) is 1. The van der Waals surface area contributed by atoms with Crippen LogP contribution in [0.4, 0.5) is 0 Å². The first-order valence-corrected chi connectivity index (χ1v) is 7.66. The highest BCUT2D eigenvalue weighted by molar-refractivity contribution is 6.34. The quantitative estimate of drug-likeness (QED) is 0.928. The van der Waals surface area contributed by atoms with E-state index in [0.29, 0.717) is 22.5 Å². The molecule has 2 unspecified atom stereocenters. The zero-order valence-corrected chi connectivity index (χ0v) is 13.3. The van der Waals surface area contributed by atoms with Crippen molar-refractivity contribution in [1.82, 2.24) is 10.2 Å². The summed E-state index contributed by atoms with van der Waals surface area (Å²) in [5.74, 6) is 0.509. The lowest BCUT2D eigenvalue weighted by atomic mass is 9.92. The van der Waals surface area contributed by atoms with E-state index >= 15 is 0 Å². The third kappa shape index (κ3) is 3.87. The Bertz CT molecular complexity index is 473. The molecule has 1 fully saturated rings. The molecule has 0 bridgehead atoms. The van der Waals surface area contributed by atoms with Gasteiger partial charge in [-0.15, -0.1) is 0 Å². The molecule has 3 nitrogen and oxygen atoms in total. The number of amides is 1. The molecule has 110 valence electrons. The zero-order valence-electron chi connectivity index (χ0n) is 11.8. The summed E-state index contributed by atoms with van der Waals surface area (Å²) < 4.78 is 0. The van der Waals surface area contributed by atoms with Gasteiger partial charge in [-0.25, -0.2) is 0 Å². The summed E-state index contributed by atoms with van der Waals surface area (Å²) in [6.45, 7) is 3.56. The van der Waals surface area contributed by atoms with Gasteiger partial charge in [0.2, 0.25) is 5.91 Å². The van der Waals surface area contributed by atoms with Crippen LogP contribution in [0.2, 0.25) is 10.0 Å². The molecular weight excluding hydrogens is 295 g/mol. The Labute approximate surface area is 130 Å². The number of benzene rings is 1. The molecule has 1 aromatic carbocycles. The number of hydrogen-bond donors (Lipinski definition) is 1. The van der Waals surface area contributed by atoms with Gasteiger partial charge in [-0.3, -0.25) is 4.79 Å².